The molecule has 0 heterocycles. The topological polar surface area (TPSA) is 0 Å². The molecule has 0 unspecified atom stereocenters. The van der Waals surface area contributed by atoms with Gasteiger partial charge in [-0.15, -0.1) is 0 Å². The first-order valence-electron chi connectivity index (χ1n) is 12.9. The van der Waals surface area contributed by atoms with E-state index in [2.05, 4.69) is 210 Å². The molecule has 0 spiro atoms. The molecule has 40 heavy (non-hydrogen) atoms. The Morgan fingerprint density at radius 1 is 0.250 bits per heavy atom. The van der Waals surface area contributed by atoms with Gasteiger partial charge in [0.1, 0.15) is 0 Å². The van der Waals surface area contributed by atoms with E-state index >= 15 is 0 Å². The minimum absolute atomic E-state index is 0.446. The van der Waals surface area contributed by atoms with Crippen LogP contribution in [-0.4, -0.2) is 0 Å². The SMILES string of the molecule is [Cl][Pd].c1ccc(P(c2ccccc2)c2ccccc2)cc1.c1ccc(P(c2ccccc2)c2ccccc2)cc1. The molecule has 0 fully saturated rings. The van der Waals surface area contributed by atoms with Crippen LogP contribution in [0.15, 0.2) is 182 Å². The van der Waals surface area contributed by atoms with E-state index in [4.69, 9.17) is 0 Å². The Labute approximate surface area is 256 Å². The Bertz CT molecular complexity index is 1180. The van der Waals surface area contributed by atoms with Gasteiger partial charge in [0.15, 0.2) is 0 Å². The standard InChI is InChI=1S/2C18H15P.ClH.Pd/c2*1-4-10-16(11-5-1)19(17-12-6-2-7-13-17)18-14-8-3-9-15-18;;/h2*1-15H;1H;/q;;;+1/p-1. The van der Waals surface area contributed by atoms with Crippen molar-refractivity contribution in [3.05, 3.63) is 182 Å². The predicted molar refractivity (Wildman–Crippen MR) is 176 cm³/mol. The van der Waals surface area contributed by atoms with Crippen LogP contribution in [0.3, 0.4) is 0 Å². The second kappa shape index (κ2) is 17.1. The third kappa shape index (κ3) is 8.56. The number of hydrogen-bond acceptors (Lipinski definition) is 0. The zero-order valence-corrected chi connectivity index (χ0v) is 26.0. The molecular formula is C36H30ClP2Pd. The summed E-state index contributed by atoms with van der Waals surface area (Å²) in [5, 5.41) is 8.39. The van der Waals surface area contributed by atoms with Crippen LogP contribution in [0, 0.1) is 0 Å². The molecule has 0 bridgehead atoms. The molecule has 0 saturated heterocycles. The van der Waals surface area contributed by atoms with E-state index in [9.17, 15) is 0 Å². The number of rotatable bonds is 6. The van der Waals surface area contributed by atoms with Gasteiger partial charge in [-0.1, -0.05) is 182 Å². The summed E-state index contributed by atoms with van der Waals surface area (Å²) < 4.78 is 0. The van der Waals surface area contributed by atoms with E-state index in [1.54, 1.807) is 0 Å². The first-order chi connectivity index (χ1) is 19.9. The van der Waals surface area contributed by atoms with Crippen molar-refractivity contribution < 1.29 is 18.2 Å². The second-order valence-electron chi connectivity index (χ2n) is 8.68. The van der Waals surface area contributed by atoms with E-state index < -0.39 is 15.8 Å². The van der Waals surface area contributed by atoms with Gasteiger partial charge >= 0.3 is 27.7 Å². The molecule has 0 atom stereocenters. The van der Waals surface area contributed by atoms with Gasteiger partial charge in [0, 0.05) is 0 Å². The number of benzene rings is 6. The quantitative estimate of drug-likeness (QED) is 0.127. The van der Waals surface area contributed by atoms with E-state index in [1.807, 2.05) is 0 Å². The summed E-state index contributed by atoms with van der Waals surface area (Å²) in [6.07, 6.45) is 0. The summed E-state index contributed by atoms with van der Waals surface area (Å²) in [6, 6.07) is 64.7. The molecule has 0 amide bonds. The van der Waals surface area contributed by atoms with Crippen molar-refractivity contribution in [2.24, 2.45) is 0 Å². The average Bonchev–Trinajstić information content (AvgIpc) is 3.06. The van der Waals surface area contributed by atoms with Crippen LogP contribution in [-0.2, 0) is 18.2 Å². The van der Waals surface area contributed by atoms with Crippen molar-refractivity contribution in [3.63, 3.8) is 0 Å². The van der Waals surface area contributed by atoms with Gasteiger partial charge in [0.2, 0.25) is 0 Å². The Morgan fingerprint density at radius 3 is 0.500 bits per heavy atom. The zero-order valence-electron chi connectivity index (χ0n) is 21.9. The Hall–Kier alpha value is -2.87. The van der Waals surface area contributed by atoms with E-state index in [1.165, 1.54) is 31.8 Å². The molecule has 6 aromatic rings. The molecule has 4 heteroatoms. The first kappa shape index (κ1) is 30.1. The van der Waals surface area contributed by atoms with Crippen molar-refractivity contribution >= 4 is 57.2 Å². The average molecular weight is 666 g/mol. The maximum Gasteiger partial charge on any atom is -0.0134 e. The zero-order chi connectivity index (χ0) is 27.8. The number of hydrogen-bond donors (Lipinski definition) is 0. The molecule has 0 N–H and O–H groups in total. The fourth-order valence-electron chi connectivity index (χ4n) is 4.36. The van der Waals surface area contributed by atoms with Crippen molar-refractivity contribution in [2.45, 2.75) is 0 Å². The largest absolute Gasteiger partial charge is 0.0622 e. The van der Waals surface area contributed by atoms with Crippen molar-refractivity contribution in [2.75, 3.05) is 0 Å². The normalized spacial score (nSPS) is 10.2. The predicted octanol–water partition coefficient (Wildman–Crippen LogP) is 7.58. The molecule has 6 aromatic carbocycles. The molecule has 0 aliphatic carbocycles. The van der Waals surface area contributed by atoms with Gasteiger partial charge in [0.05, 0.1) is 0 Å². The Kier molecular flexibility index (Phi) is 12.8. The minimum Gasteiger partial charge on any atom is -0.0622 e. The monoisotopic (exact) mass is 665 g/mol. The van der Waals surface area contributed by atoms with Crippen molar-refractivity contribution in [1.29, 1.82) is 0 Å². The smallest absolute Gasteiger partial charge is 0.0134 e. The first-order valence-corrected chi connectivity index (χ1v) is 17.6. The van der Waals surface area contributed by atoms with Gasteiger partial charge in [-0.3, -0.25) is 0 Å². The molecule has 0 radical (unpaired) electrons. The summed E-state index contributed by atoms with van der Waals surface area (Å²) in [7, 11) is 3.60. The van der Waals surface area contributed by atoms with E-state index in [0.717, 1.165) is 0 Å². The maximum atomic E-state index is 4.49. The third-order valence-corrected chi connectivity index (χ3v) is 11.0. The van der Waals surface area contributed by atoms with Crippen molar-refractivity contribution in [3.8, 4) is 0 Å². The van der Waals surface area contributed by atoms with Crippen LogP contribution < -0.4 is 31.8 Å². The van der Waals surface area contributed by atoms with Gasteiger partial charge in [-0.2, -0.15) is 0 Å². The molecular weight excluding hydrogens is 636 g/mol. The summed E-state index contributed by atoms with van der Waals surface area (Å²) in [4.78, 5) is 0. The third-order valence-electron chi connectivity index (χ3n) is 6.09. The van der Waals surface area contributed by atoms with Crippen LogP contribution in [0.5, 0.6) is 0 Å². The van der Waals surface area contributed by atoms with Gasteiger partial charge in [-0.05, 0) is 47.7 Å². The maximum absolute atomic E-state index is 4.49. The minimum atomic E-state index is -0.446. The summed E-state index contributed by atoms with van der Waals surface area (Å²) in [6.45, 7) is 0. The fourth-order valence-corrected chi connectivity index (χ4v) is 8.97. The summed E-state index contributed by atoms with van der Waals surface area (Å²) >= 11 is 2.22. The Balaban J connectivity index is 0.000000174. The van der Waals surface area contributed by atoms with Gasteiger partial charge in [0.25, 0.3) is 0 Å². The molecule has 0 nitrogen and oxygen atoms in total. The van der Waals surface area contributed by atoms with E-state index in [0.29, 0.717) is 0 Å². The molecule has 0 saturated carbocycles. The fraction of sp³-hybridized carbons (Fsp3) is 0. The van der Waals surface area contributed by atoms with Gasteiger partial charge < -0.3 is 0 Å². The van der Waals surface area contributed by atoms with Crippen LogP contribution in [0.25, 0.3) is 0 Å². The van der Waals surface area contributed by atoms with Crippen LogP contribution in [0.4, 0.5) is 0 Å². The number of halogens is 1. The molecule has 0 aliphatic rings. The Morgan fingerprint density at radius 2 is 0.375 bits per heavy atom. The van der Waals surface area contributed by atoms with Crippen LogP contribution in [0.1, 0.15) is 0 Å². The van der Waals surface area contributed by atoms with Crippen molar-refractivity contribution in [1.82, 2.24) is 0 Å². The molecule has 0 aromatic heterocycles. The van der Waals surface area contributed by atoms with Gasteiger partial charge in [-0.25, -0.2) is 0 Å². The van der Waals surface area contributed by atoms with Crippen LogP contribution >= 0.6 is 25.4 Å². The summed E-state index contributed by atoms with van der Waals surface area (Å²) in [5.41, 5.74) is 0. The molecule has 201 valence electrons. The molecule has 0 aliphatic heterocycles. The van der Waals surface area contributed by atoms with E-state index in [-0.39, 0.29) is 0 Å². The van der Waals surface area contributed by atoms with Crippen LogP contribution in [0.2, 0.25) is 0 Å². The summed E-state index contributed by atoms with van der Waals surface area (Å²) in [5.74, 6) is 0. The second-order valence-corrected chi connectivity index (χ2v) is 13.1. The molecule has 6 rings (SSSR count).